The van der Waals surface area contributed by atoms with Gasteiger partial charge in [-0.1, -0.05) is 13.8 Å². The fourth-order valence-electron chi connectivity index (χ4n) is 2.18. The van der Waals surface area contributed by atoms with Crippen LogP contribution < -0.4 is 21.7 Å². The lowest BCUT2D eigenvalue weighted by molar-refractivity contribution is -0.142. The highest BCUT2D eigenvalue weighted by Crippen LogP contribution is 2.07. The summed E-state index contributed by atoms with van der Waals surface area (Å²) in [5.74, 6) is -2.02. The van der Waals surface area contributed by atoms with Crippen molar-refractivity contribution in [3.8, 4) is 0 Å². The average Bonchev–Trinajstić information content (AvgIpc) is 2.56. The number of amides is 3. The Morgan fingerprint density at radius 2 is 1.48 bits per heavy atom. The van der Waals surface area contributed by atoms with E-state index in [-0.39, 0.29) is 12.3 Å². The van der Waals surface area contributed by atoms with Crippen molar-refractivity contribution >= 4 is 35.5 Å². The summed E-state index contributed by atoms with van der Waals surface area (Å²) in [7, 11) is 0. The Hall–Kier alpha value is -1.81. The van der Waals surface area contributed by atoms with Gasteiger partial charge >= 0.3 is 5.97 Å². The zero-order chi connectivity index (χ0) is 21.1. The van der Waals surface area contributed by atoms with Crippen LogP contribution >= 0.6 is 11.8 Å². The Balaban J connectivity index is 5.03. The van der Waals surface area contributed by atoms with Crippen molar-refractivity contribution in [1.82, 2.24) is 16.0 Å². The fraction of sp³-hybridized carbons (Fsp3) is 0.765. The molecule has 0 aliphatic carbocycles. The Kier molecular flexibility index (Phi) is 11.7. The maximum Gasteiger partial charge on any atom is 0.326 e. The number of nitrogens with one attached hydrogen (secondary N) is 3. The number of carboxylic acids is 1. The topological polar surface area (TPSA) is 151 Å². The summed E-state index contributed by atoms with van der Waals surface area (Å²) in [6.45, 7) is 6.70. The van der Waals surface area contributed by atoms with Crippen LogP contribution in [0.3, 0.4) is 0 Å². The highest BCUT2D eigenvalue weighted by molar-refractivity contribution is 7.98. The summed E-state index contributed by atoms with van der Waals surface area (Å²) >= 11 is 1.50. The minimum Gasteiger partial charge on any atom is -0.480 e. The van der Waals surface area contributed by atoms with Gasteiger partial charge in [0.15, 0.2) is 0 Å². The minimum absolute atomic E-state index is 0.0825. The monoisotopic (exact) mass is 404 g/mol. The van der Waals surface area contributed by atoms with E-state index in [2.05, 4.69) is 16.0 Å². The summed E-state index contributed by atoms with van der Waals surface area (Å²) in [6, 6.07) is -3.56. The second-order valence-corrected chi connectivity index (χ2v) is 7.88. The largest absolute Gasteiger partial charge is 0.480 e. The third-order valence-corrected chi connectivity index (χ3v) is 4.37. The molecule has 0 aromatic heterocycles. The number of carbonyl (C=O) groups is 4. The van der Waals surface area contributed by atoms with Crippen molar-refractivity contribution < 1.29 is 24.3 Å². The van der Waals surface area contributed by atoms with Crippen molar-refractivity contribution in [2.75, 3.05) is 12.0 Å². The average molecular weight is 405 g/mol. The second-order valence-electron chi connectivity index (χ2n) is 6.89. The first-order chi connectivity index (χ1) is 12.5. The van der Waals surface area contributed by atoms with Gasteiger partial charge in [-0.25, -0.2) is 4.79 Å². The first-order valence-corrected chi connectivity index (χ1v) is 10.3. The zero-order valence-corrected chi connectivity index (χ0v) is 17.4. The highest BCUT2D eigenvalue weighted by Gasteiger charge is 2.28. The Bertz CT molecular complexity index is 527. The molecule has 0 saturated carbocycles. The van der Waals surface area contributed by atoms with E-state index in [4.69, 9.17) is 5.73 Å². The summed E-state index contributed by atoms with van der Waals surface area (Å²) in [5.41, 5.74) is 5.46. The number of rotatable bonds is 12. The molecule has 156 valence electrons. The fourth-order valence-corrected chi connectivity index (χ4v) is 2.65. The van der Waals surface area contributed by atoms with Gasteiger partial charge in [-0.3, -0.25) is 14.4 Å². The molecule has 10 heteroatoms. The SMILES string of the molecule is CSCCC(NC(=O)C(C)NC(=O)C(C)N)C(=O)NC(CC(C)C)C(=O)O. The van der Waals surface area contributed by atoms with Gasteiger partial charge in [0.1, 0.15) is 18.1 Å². The molecule has 0 bridgehead atoms. The predicted molar refractivity (Wildman–Crippen MR) is 105 cm³/mol. The zero-order valence-electron chi connectivity index (χ0n) is 16.6. The number of carboxylic acid groups (broad SMARTS) is 1. The molecular formula is C17H32N4O5S. The molecule has 0 saturated heterocycles. The number of nitrogens with two attached hydrogens (primary N) is 1. The van der Waals surface area contributed by atoms with E-state index in [1.165, 1.54) is 25.6 Å². The minimum atomic E-state index is -1.12. The van der Waals surface area contributed by atoms with Crippen LogP contribution in [0.4, 0.5) is 0 Å². The maximum atomic E-state index is 12.5. The first kappa shape index (κ1) is 25.2. The van der Waals surface area contributed by atoms with Crippen molar-refractivity contribution in [2.45, 2.75) is 64.7 Å². The van der Waals surface area contributed by atoms with Gasteiger partial charge in [0.2, 0.25) is 17.7 Å². The molecule has 6 N–H and O–H groups in total. The quantitative estimate of drug-likeness (QED) is 0.299. The molecular weight excluding hydrogens is 372 g/mol. The number of hydrogen-bond acceptors (Lipinski definition) is 6. The van der Waals surface area contributed by atoms with E-state index in [1.54, 1.807) is 0 Å². The van der Waals surface area contributed by atoms with Crippen LogP contribution in [0.2, 0.25) is 0 Å². The lowest BCUT2D eigenvalue weighted by Crippen LogP contribution is -2.56. The molecule has 0 rings (SSSR count). The molecule has 0 aromatic carbocycles. The van der Waals surface area contributed by atoms with Gasteiger partial charge in [0.25, 0.3) is 0 Å². The van der Waals surface area contributed by atoms with Crippen LogP contribution in [0.15, 0.2) is 0 Å². The van der Waals surface area contributed by atoms with E-state index in [0.29, 0.717) is 12.2 Å². The number of carbonyl (C=O) groups excluding carboxylic acids is 3. The van der Waals surface area contributed by atoms with Crippen molar-refractivity contribution in [3.63, 3.8) is 0 Å². The Morgan fingerprint density at radius 1 is 0.926 bits per heavy atom. The van der Waals surface area contributed by atoms with Gasteiger partial charge in [-0.15, -0.1) is 0 Å². The number of thioether (sulfide) groups is 1. The van der Waals surface area contributed by atoms with Crippen LogP contribution in [0.25, 0.3) is 0 Å². The van der Waals surface area contributed by atoms with Crippen LogP contribution in [0.1, 0.15) is 40.5 Å². The molecule has 0 fully saturated rings. The molecule has 0 aliphatic rings. The lowest BCUT2D eigenvalue weighted by Gasteiger charge is -2.24. The van der Waals surface area contributed by atoms with Gasteiger partial charge in [-0.2, -0.15) is 11.8 Å². The third-order valence-electron chi connectivity index (χ3n) is 3.73. The van der Waals surface area contributed by atoms with Crippen molar-refractivity contribution in [1.29, 1.82) is 0 Å². The van der Waals surface area contributed by atoms with Crippen molar-refractivity contribution in [3.05, 3.63) is 0 Å². The van der Waals surface area contributed by atoms with Gasteiger partial charge in [0, 0.05) is 0 Å². The van der Waals surface area contributed by atoms with Gasteiger partial charge in [0.05, 0.1) is 6.04 Å². The third kappa shape index (κ3) is 10.2. The number of aliphatic carboxylic acids is 1. The van der Waals surface area contributed by atoms with Crippen molar-refractivity contribution in [2.24, 2.45) is 11.7 Å². The van der Waals surface area contributed by atoms with Crippen LogP contribution in [0, 0.1) is 5.92 Å². The second kappa shape index (κ2) is 12.6. The molecule has 0 heterocycles. The summed E-state index contributed by atoms with van der Waals surface area (Å²) < 4.78 is 0. The number of hydrogen-bond donors (Lipinski definition) is 5. The van der Waals surface area contributed by atoms with E-state index in [0.717, 1.165) is 0 Å². The van der Waals surface area contributed by atoms with Crippen LogP contribution in [0.5, 0.6) is 0 Å². The van der Waals surface area contributed by atoms with Gasteiger partial charge in [-0.05, 0) is 44.6 Å². The molecule has 27 heavy (non-hydrogen) atoms. The van der Waals surface area contributed by atoms with Gasteiger partial charge < -0.3 is 26.8 Å². The van der Waals surface area contributed by atoms with E-state index in [9.17, 15) is 24.3 Å². The van der Waals surface area contributed by atoms with E-state index < -0.39 is 47.9 Å². The van der Waals surface area contributed by atoms with Crippen LogP contribution in [-0.4, -0.2) is 65.0 Å². The first-order valence-electron chi connectivity index (χ1n) is 8.88. The molecule has 0 spiro atoms. The molecule has 4 atom stereocenters. The Morgan fingerprint density at radius 3 is 1.93 bits per heavy atom. The molecule has 3 amide bonds. The summed E-state index contributed by atoms with van der Waals surface area (Å²) in [6.07, 6.45) is 2.48. The summed E-state index contributed by atoms with van der Waals surface area (Å²) in [5, 5.41) is 16.8. The smallest absolute Gasteiger partial charge is 0.326 e. The molecule has 4 unspecified atom stereocenters. The molecule has 9 nitrogen and oxygen atoms in total. The standard InChI is InChI=1S/C17H32N4O5S/c1-9(2)8-13(17(25)26)21-16(24)12(6-7-27-5)20-15(23)11(4)19-14(22)10(3)18/h9-13H,6-8,18H2,1-5H3,(H,19,22)(H,20,23)(H,21,24)(H,25,26). The maximum absolute atomic E-state index is 12.5. The lowest BCUT2D eigenvalue weighted by atomic mass is 10.0. The van der Waals surface area contributed by atoms with E-state index >= 15 is 0 Å². The Labute approximate surface area is 164 Å². The molecule has 0 aromatic rings. The normalized spacial score (nSPS) is 15.4. The molecule has 0 aliphatic heterocycles. The predicted octanol–water partition coefficient (Wildman–Crippen LogP) is -0.308. The molecule has 0 radical (unpaired) electrons. The van der Waals surface area contributed by atoms with E-state index in [1.807, 2.05) is 20.1 Å². The van der Waals surface area contributed by atoms with Crippen LogP contribution in [-0.2, 0) is 19.2 Å². The summed E-state index contributed by atoms with van der Waals surface area (Å²) in [4.78, 5) is 47.8. The highest BCUT2D eigenvalue weighted by atomic mass is 32.2.